The zero-order chi connectivity index (χ0) is 24.8. The molecule has 1 fully saturated rings. The number of rotatable bonds is 4. The van der Waals surface area contributed by atoms with Crippen LogP contribution in [-0.2, 0) is 6.18 Å². The van der Waals surface area contributed by atoms with E-state index < -0.39 is 35.3 Å². The molecule has 2 unspecified atom stereocenters. The lowest BCUT2D eigenvalue weighted by Crippen LogP contribution is -2.40. The van der Waals surface area contributed by atoms with Gasteiger partial charge in [0.1, 0.15) is 17.4 Å². The molecule has 4 rings (SSSR count). The number of alkyl halides is 3. The molecule has 3 aromatic heterocycles. The first-order valence-corrected chi connectivity index (χ1v) is 10.0. The normalized spacial score (nSPS) is 18.3. The first-order valence-electron chi connectivity index (χ1n) is 10.0. The quantitative estimate of drug-likeness (QED) is 0.516. The molecule has 0 radical (unpaired) electrons. The van der Waals surface area contributed by atoms with Crippen molar-refractivity contribution in [1.82, 2.24) is 29.8 Å². The van der Waals surface area contributed by atoms with E-state index in [0.29, 0.717) is 0 Å². The molecule has 3 aromatic rings. The standard InChI is InChI=1S/C20H20F3N7O4/c1-9-6-29(19(32)33)7-13(9)28-17(31)11-3-10(5-25-18(11)34-2)14-4-12(20(21,22)23)15-16(24)26-8-27-30(14)15/h3-5,8-9,13H,6-7H2,1-2H3,(H,28,31)(H,32,33)(H2,24,26,27). The van der Waals surface area contributed by atoms with Gasteiger partial charge in [-0.05, 0) is 18.1 Å². The molecule has 4 heterocycles. The third-order valence-electron chi connectivity index (χ3n) is 5.67. The molecule has 4 N–H and O–H groups in total. The number of anilines is 1. The maximum Gasteiger partial charge on any atom is 0.418 e. The Kier molecular flexibility index (Phi) is 5.67. The highest BCUT2D eigenvalue weighted by Gasteiger charge is 2.37. The Morgan fingerprint density at radius 1 is 1.26 bits per heavy atom. The fourth-order valence-corrected chi connectivity index (χ4v) is 3.96. The summed E-state index contributed by atoms with van der Waals surface area (Å²) >= 11 is 0. The number of pyridine rings is 1. The summed E-state index contributed by atoms with van der Waals surface area (Å²) in [4.78, 5) is 33.2. The van der Waals surface area contributed by atoms with E-state index in [1.54, 1.807) is 6.92 Å². The van der Waals surface area contributed by atoms with Gasteiger partial charge in [0, 0.05) is 24.8 Å². The van der Waals surface area contributed by atoms with Crippen LogP contribution >= 0.6 is 0 Å². The van der Waals surface area contributed by atoms with E-state index in [1.165, 1.54) is 24.3 Å². The summed E-state index contributed by atoms with van der Waals surface area (Å²) in [6, 6.07) is 1.72. The number of hydrogen-bond acceptors (Lipinski definition) is 7. The monoisotopic (exact) mass is 479 g/mol. The molecule has 0 aromatic carbocycles. The smallest absolute Gasteiger partial charge is 0.418 e. The lowest BCUT2D eigenvalue weighted by molar-refractivity contribution is -0.136. The second kappa shape index (κ2) is 8.35. The zero-order valence-electron chi connectivity index (χ0n) is 18.0. The second-order valence-electron chi connectivity index (χ2n) is 7.87. The number of nitrogens with zero attached hydrogens (tertiary/aromatic N) is 5. The molecule has 0 spiro atoms. The maximum atomic E-state index is 13.6. The fourth-order valence-electron chi connectivity index (χ4n) is 3.96. The number of ether oxygens (including phenoxy) is 1. The molecule has 180 valence electrons. The van der Waals surface area contributed by atoms with Crippen LogP contribution in [0.3, 0.4) is 0 Å². The fraction of sp³-hybridized carbons (Fsp3) is 0.350. The molecule has 1 aliphatic rings. The third kappa shape index (κ3) is 4.02. The van der Waals surface area contributed by atoms with Crippen LogP contribution in [0, 0.1) is 5.92 Å². The van der Waals surface area contributed by atoms with Crippen LogP contribution in [-0.4, -0.2) is 67.8 Å². The Morgan fingerprint density at radius 2 is 2.00 bits per heavy atom. The number of fused-ring (bicyclic) bond motifs is 1. The summed E-state index contributed by atoms with van der Waals surface area (Å²) in [7, 11) is 1.30. The highest BCUT2D eigenvalue weighted by atomic mass is 19.4. The summed E-state index contributed by atoms with van der Waals surface area (Å²) in [6.07, 6.45) is -3.55. The number of nitrogens with one attached hydrogen (secondary N) is 1. The molecule has 0 bridgehead atoms. The van der Waals surface area contributed by atoms with Gasteiger partial charge in [-0.2, -0.15) is 18.3 Å². The minimum Gasteiger partial charge on any atom is -0.480 e. The highest BCUT2D eigenvalue weighted by molar-refractivity contribution is 5.98. The summed E-state index contributed by atoms with van der Waals surface area (Å²) in [5, 5.41) is 15.8. The number of nitrogen functional groups attached to an aromatic ring is 1. The van der Waals surface area contributed by atoms with Gasteiger partial charge in [0.25, 0.3) is 5.91 Å². The van der Waals surface area contributed by atoms with E-state index in [0.717, 1.165) is 16.9 Å². The van der Waals surface area contributed by atoms with Gasteiger partial charge >= 0.3 is 12.3 Å². The first kappa shape index (κ1) is 23.1. The number of carbonyl (C=O) groups is 2. The number of hydrogen-bond donors (Lipinski definition) is 3. The number of nitrogens with two attached hydrogens (primary N) is 1. The minimum atomic E-state index is -4.73. The van der Waals surface area contributed by atoms with Gasteiger partial charge in [-0.25, -0.2) is 19.3 Å². The first-order chi connectivity index (χ1) is 16.0. The molecule has 1 saturated heterocycles. The van der Waals surface area contributed by atoms with Crippen LogP contribution in [0.15, 0.2) is 24.7 Å². The number of halogens is 3. The minimum absolute atomic E-state index is 0.00749. The van der Waals surface area contributed by atoms with Crippen molar-refractivity contribution in [2.75, 3.05) is 25.9 Å². The van der Waals surface area contributed by atoms with Crippen LogP contribution in [0.2, 0.25) is 0 Å². The summed E-state index contributed by atoms with van der Waals surface area (Å²) in [5.74, 6) is -1.16. The van der Waals surface area contributed by atoms with Crippen molar-refractivity contribution in [3.63, 3.8) is 0 Å². The van der Waals surface area contributed by atoms with Crippen molar-refractivity contribution in [2.24, 2.45) is 5.92 Å². The van der Waals surface area contributed by atoms with Gasteiger partial charge in [0.05, 0.1) is 24.4 Å². The molecule has 0 aliphatic carbocycles. The molecule has 34 heavy (non-hydrogen) atoms. The molecule has 11 nitrogen and oxygen atoms in total. The van der Waals surface area contributed by atoms with Crippen LogP contribution in [0.4, 0.5) is 23.8 Å². The molecular weight excluding hydrogens is 459 g/mol. The predicted molar refractivity (Wildman–Crippen MR) is 112 cm³/mol. The Morgan fingerprint density at radius 3 is 2.62 bits per heavy atom. The van der Waals surface area contributed by atoms with Crippen molar-refractivity contribution in [3.8, 4) is 17.1 Å². The van der Waals surface area contributed by atoms with Crippen molar-refractivity contribution in [2.45, 2.75) is 19.1 Å². The SMILES string of the molecule is COc1ncc(-c2cc(C(F)(F)F)c3c(N)ncnn23)cc1C(=O)NC1CN(C(=O)O)CC1C. The Balaban J connectivity index is 1.74. The van der Waals surface area contributed by atoms with Crippen LogP contribution in [0.1, 0.15) is 22.8 Å². The predicted octanol–water partition coefficient (Wildman–Crippen LogP) is 2.13. The van der Waals surface area contributed by atoms with Gasteiger partial charge in [-0.15, -0.1) is 0 Å². The largest absolute Gasteiger partial charge is 0.480 e. The maximum absolute atomic E-state index is 13.6. The topological polar surface area (TPSA) is 148 Å². The van der Waals surface area contributed by atoms with Crippen molar-refractivity contribution < 1.29 is 32.6 Å². The Hall–Kier alpha value is -4.10. The van der Waals surface area contributed by atoms with E-state index >= 15 is 0 Å². The average Bonchev–Trinajstić information content (AvgIpc) is 3.35. The zero-order valence-corrected chi connectivity index (χ0v) is 18.0. The number of amides is 2. The molecule has 2 atom stereocenters. The van der Waals surface area contributed by atoms with Crippen LogP contribution < -0.4 is 15.8 Å². The van der Waals surface area contributed by atoms with E-state index in [9.17, 15) is 27.9 Å². The average molecular weight is 479 g/mol. The second-order valence-corrected chi connectivity index (χ2v) is 7.87. The van der Waals surface area contributed by atoms with Gasteiger partial charge in [-0.1, -0.05) is 6.92 Å². The summed E-state index contributed by atoms with van der Waals surface area (Å²) in [5.41, 5.74) is 4.35. The Labute approximate surface area is 190 Å². The van der Waals surface area contributed by atoms with Gasteiger partial charge < -0.3 is 25.8 Å². The Bertz CT molecular complexity index is 1280. The molecule has 14 heteroatoms. The molecular formula is C20H20F3N7O4. The lowest BCUT2D eigenvalue weighted by atomic mass is 10.1. The van der Waals surface area contributed by atoms with Gasteiger partial charge in [-0.3, -0.25) is 4.79 Å². The number of carbonyl (C=O) groups excluding carboxylic acids is 1. The number of carboxylic acid groups (broad SMARTS) is 1. The molecule has 1 aliphatic heterocycles. The van der Waals surface area contributed by atoms with Crippen molar-refractivity contribution in [1.29, 1.82) is 0 Å². The summed E-state index contributed by atoms with van der Waals surface area (Å²) in [6.45, 7) is 2.16. The lowest BCUT2D eigenvalue weighted by Gasteiger charge is -2.17. The van der Waals surface area contributed by atoms with Crippen molar-refractivity contribution in [3.05, 3.63) is 35.8 Å². The molecule has 0 saturated carbocycles. The van der Waals surface area contributed by atoms with E-state index in [4.69, 9.17) is 10.5 Å². The summed E-state index contributed by atoms with van der Waals surface area (Å²) < 4.78 is 47.1. The molecule has 2 amide bonds. The van der Waals surface area contributed by atoms with Crippen LogP contribution in [0.5, 0.6) is 5.88 Å². The number of aromatic nitrogens is 4. The van der Waals surface area contributed by atoms with Gasteiger partial charge in [0.2, 0.25) is 5.88 Å². The number of methoxy groups -OCH3 is 1. The highest BCUT2D eigenvalue weighted by Crippen LogP contribution is 2.39. The van der Waals surface area contributed by atoms with Crippen molar-refractivity contribution >= 4 is 23.3 Å². The van der Waals surface area contributed by atoms with Crippen LogP contribution in [0.25, 0.3) is 16.8 Å². The third-order valence-corrected chi connectivity index (χ3v) is 5.67. The van der Waals surface area contributed by atoms with E-state index in [-0.39, 0.29) is 47.5 Å². The van der Waals surface area contributed by atoms with E-state index in [1.807, 2.05) is 0 Å². The van der Waals surface area contributed by atoms with E-state index in [2.05, 4.69) is 20.4 Å². The van der Waals surface area contributed by atoms with Gasteiger partial charge in [0.15, 0.2) is 5.82 Å². The number of likely N-dealkylation sites (tertiary alicyclic amines) is 1.